The number of likely N-dealkylation sites (N-methyl/N-ethyl adjacent to an activating group) is 1. The minimum atomic E-state index is 0.0658. The highest BCUT2D eigenvalue weighted by Crippen LogP contribution is 2.18. The molecule has 0 radical (unpaired) electrons. The molecule has 3 nitrogen and oxygen atoms in total. The monoisotopic (exact) mass is 330 g/mol. The molecular weight excluding hydrogens is 307 g/mol. The molecule has 0 atom stereocenters. The first-order chi connectivity index (χ1) is 10.0. The van der Waals surface area contributed by atoms with Crippen LogP contribution >= 0.6 is 23.2 Å². The number of hydrogen-bond donors (Lipinski definition) is 2. The van der Waals surface area contributed by atoms with Gasteiger partial charge < -0.3 is 10.6 Å². The summed E-state index contributed by atoms with van der Waals surface area (Å²) >= 11 is 11.4. The summed E-state index contributed by atoms with van der Waals surface area (Å²) < 4.78 is 0. The zero-order chi connectivity index (χ0) is 16.1. The summed E-state index contributed by atoms with van der Waals surface area (Å²) in [6.07, 6.45) is 5.06. The molecule has 1 rings (SSSR count). The van der Waals surface area contributed by atoms with Gasteiger partial charge in [-0.05, 0) is 57.0 Å². The van der Waals surface area contributed by atoms with Gasteiger partial charge in [0.15, 0.2) is 0 Å². The van der Waals surface area contributed by atoms with Crippen LogP contribution in [0.1, 0.15) is 24.8 Å². The lowest BCUT2D eigenvalue weighted by Gasteiger charge is -2.02. The Morgan fingerprint density at radius 3 is 2.57 bits per heavy atom. The van der Waals surface area contributed by atoms with Crippen LogP contribution in [0.25, 0.3) is 0 Å². The van der Waals surface area contributed by atoms with Crippen molar-refractivity contribution in [3.05, 3.63) is 46.5 Å². The molecule has 5 heteroatoms. The van der Waals surface area contributed by atoms with E-state index in [0.717, 1.165) is 41.4 Å². The summed E-state index contributed by atoms with van der Waals surface area (Å²) in [6, 6.07) is 5.40. The fraction of sp³-hybridized carbons (Fsp3) is 0.438. The van der Waals surface area contributed by atoms with E-state index in [2.05, 4.69) is 17.2 Å². The number of nitrogens with one attached hydrogen (secondary N) is 2. The van der Waals surface area contributed by atoms with Crippen LogP contribution in [-0.2, 0) is 4.79 Å². The van der Waals surface area contributed by atoms with E-state index in [1.165, 1.54) is 0 Å². The molecule has 1 aromatic rings. The van der Waals surface area contributed by atoms with Gasteiger partial charge in [0.1, 0.15) is 0 Å². The van der Waals surface area contributed by atoms with Crippen molar-refractivity contribution >= 4 is 29.1 Å². The fourth-order valence-electron chi connectivity index (χ4n) is 1.47. The molecular formula is C16H24Cl2N2O. The first-order valence-corrected chi connectivity index (χ1v) is 7.70. The number of carbonyl (C=O) groups excluding carboxylic acids is 1. The lowest BCUT2D eigenvalue weighted by molar-refractivity contribution is -0.120. The average molecular weight is 331 g/mol. The van der Waals surface area contributed by atoms with E-state index in [4.69, 9.17) is 23.2 Å². The van der Waals surface area contributed by atoms with E-state index in [-0.39, 0.29) is 5.91 Å². The Hall–Kier alpha value is -1.03. The van der Waals surface area contributed by atoms with Gasteiger partial charge in [-0.3, -0.25) is 4.79 Å². The van der Waals surface area contributed by atoms with Crippen molar-refractivity contribution in [2.75, 3.05) is 20.1 Å². The van der Waals surface area contributed by atoms with E-state index in [9.17, 15) is 4.79 Å². The topological polar surface area (TPSA) is 41.1 Å². The normalized spacial score (nSPS) is 9.52. The van der Waals surface area contributed by atoms with Crippen molar-refractivity contribution in [1.29, 1.82) is 0 Å². The number of rotatable bonds is 7. The molecule has 118 valence electrons. The first-order valence-electron chi connectivity index (χ1n) is 6.95. The Balaban J connectivity index is 0.000000394. The number of aryl methyl sites for hydroxylation is 1. The van der Waals surface area contributed by atoms with Crippen molar-refractivity contribution < 1.29 is 4.79 Å². The Morgan fingerprint density at radius 2 is 2.05 bits per heavy atom. The van der Waals surface area contributed by atoms with E-state index in [1.54, 1.807) is 19.2 Å². The Morgan fingerprint density at radius 1 is 1.33 bits per heavy atom. The maximum absolute atomic E-state index is 10.9. The van der Waals surface area contributed by atoms with E-state index >= 15 is 0 Å². The van der Waals surface area contributed by atoms with Gasteiger partial charge in [0.05, 0.1) is 6.54 Å². The third-order valence-electron chi connectivity index (χ3n) is 2.61. The van der Waals surface area contributed by atoms with Crippen LogP contribution in [0.2, 0.25) is 10.0 Å². The highest BCUT2D eigenvalue weighted by atomic mass is 35.5. The molecule has 0 aliphatic heterocycles. The number of benzene rings is 1. The van der Waals surface area contributed by atoms with Gasteiger partial charge in [-0.2, -0.15) is 0 Å². The highest BCUT2D eigenvalue weighted by Gasteiger charge is 1.95. The number of hydrogen-bond acceptors (Lipinski definition) is 2. The van der Waals surface area contributed by atoms with Crippen LogP contribution in [0, 0.1) is 6.92 Å². The second-order valence-corrected chi connectivity index (χ2v) is 5.40. The van der Waals surface area contributed by atoms with Gasteiger partial charge in [-0.15, -0.1) is 6.58 Å². The third-order valence-corrected chi connectivity index (χ3v) is 3.27. The number of carbonyl (C=O) groups is 1. The average Bonchev–Trinajstić information content (AvgIpc) is 2.44. The van der Waals surface area contributed by atoms with Crippen LogP contribution in [0.5, 0.6) is 0 Å². The van der Waals surface area contributed by atoms with Crippen LogP contribution in [0.3, 0.4) is 0 Å². The molecule has 2 N–H and O–H groups in total. The summed E-state index contributed by atoms with van der Waals surface area (Å²) in [7, 11) is 1.76. The molecule has 0 fully saturated rings. The third kappa shape index (κ3) is 11.3. The first kappa shape index (κ1) is 20.0. The van der Waals surface area contributed by atoms with Crippen LogP contribution in [0.4, 0.5) is 0 Å². The van der Waals surface area contributed by atoms with Gasteiger partial charge >= 0.3 is 0 Å². The fourth-order valence-corrected chi connectivity index (χ4v) is 1.82. The van der Waals surface area contributed by atoms with Crippen molar-refractivity contribution in [2.24, 2.45) is 0 Å². The lowest BCUT2D eigenvalue weighted by atomic mass is 10.2. The second kappa shape index (κ2) is 12.7. The summed E-state index contributed by atoms with van der Waals surface area (Å²) in [6.45, 7) is 6.73. The Kier molecular flexibility index (Phi) is 12.1. The SMILES string of the molecule is C=CCCCCNC(=O)CNC.Cc1cc(Cl)ccc1Cl. The predicted molar refractivity (Wildman–Crippen MR) is 92.2 cm³/mol. The van der Waals surface area contributed by atoms with Crippen LogP contribution < -0.4 is 10.6 Å². The minimum Gasteiger partial charge on any atom is -0.355 e. The van der Waals surface area contributed by atoms with E-state index in [0.29, 0.717) is 6.54 Å². The quantitative estimate of drug-likeness (QED) is 0.586. The molecule has 0 saturated carbocycles. The number of allylic oxidation sites excluding steroid dienone is 1. The van der Waals surface area contributed by atoms with Gasteiger partial charge in [-0.25, -0.2) is 0 Å². The van der Waals surface area contributed by atoms with Crippen molar-refractivity contribution in [3.8, 4) is 0 Å². The maximum Gasteiger partial charge on any atom is 0.233 e. The van der Waals surface area contributed by atoms with Crippen LogP contribution in [0.15, 0.2) is 30.9 Å². The predicted octanol–water partition coefficient (Wildman–Crippen LogP) is 3.98. The number of halogens is 2. The molecule has 0 aromatic heterocycles. The smallest absolute Gasteiger partial charge is 0.233 e. The summed E-state index contributed by atoms with van der Waals surface area (Å²) in [5.74, 6) is 0.0658. The molecule has 1 amide bonds. The molecule has 0 spiro atoms. The molecule has 0 saturated heterocycles. The summed E-state index contributed by atoms with van der Waals surface area (Å²) in [5, 5.41) is 7.09. The van der Waals surface area contributed by atoms with E-state index < -0.39 is 0 Å². The standard InChI is InChI=1S/C9H18N2O.C7H6Cl2/c1-3-4-5-6-7-11-9(12)8-10-2;1-5-4-6(8)2-3-7(5)9/h3,10H,1,4-8H2,2H3,(H,11,12);2-4H,1H3. The highest BCUT2D eigenvalue weighted by molar-refractivity contribution is 6.33. The number of unbranched alkanes of at least 4 members (excludes halogenated alkanes) is 2. The minimum absolute atomic E-state index is 0.0658. The van der Waals surface area contributed by atoms with Gasteiger partial charge in [-0.1, -0.05) is 29.3 Å². The Labute approximate surface area is 137 Å². The molecule has 0 aliphatic carbocycles. The molecule has 21 heavy (non-hydrogen) atoms. The van der Waals surface area contributed by atoms with Gasteiger partial charge in [0, 0.05) is 16.6 Å². The second-order valence-electron chi connectivity index (χ2n) is 4.56. The maximum atomic E-state index is 10.9. The van der Waals surface area contributed by atoms with Crippen molar-refractivity contribution in [2.45, 2.75) is 26.2 Å². The van der Waals surface area contributed by atoms with E-state index in [1.807, 2.05) is 19.1 Å². The van der Waals surface area contributed by atoms with Crippen molar-refractivity contribution in [1.82, 2.24) is 10.6 Å². The molecule has 0 unspecified atom stereocenters. The van der Waals surface area contributed by atoms with Crippen LogP contribution in [-0.4, -0.2) is 26.0 Å². The Bertz CT molecular complexity index is 436. The number of amides is 1. The molecule has 1 aromatic carbocycles. The molecule has 0 aliphatic rings. The summed E-state index contributed by atoms with van der Waals surface area (Å²) in [5.41, 5.74) is 1.02. The zero-order valence-corrected chi connectivity index (χ0v) is 14.2. The van der Waals surface area contributed by atoms with Gasteiger partial charge in [0.2, 0.25) is 5.91 Å². The molecule has 0 heterocycles. The lowest BCUT2D eigenvalue weighted by Crippen LogP contribution is -2.32. The van der Waals surface area contributed by atoms with Gasteiger partial charge in [0.25, 0.3) is 0 Å². The zero-order valence-electron chi connectivity index (χ0n) is 12.7. The molecule has 0 bridgehead atoms. The van der Waals surface area contributed by atoms with Crippen molar-refractivity contribution in [3.63, 3.8) is 0 Å². The largest absolute Gasteiger partial charge is 0.355 e. The summed E-state index contributed by atoms with van der Waals surface area (Å²) in [4.78, 5) is 10.9.